The lowest BCUT2D eigenvalue weighted by Crippen LogP contribution is -2.17. The van der Waals surface area contributed by atoms with Gasteiger partial charge in [0.25, 0.3) is 15.9 Å². The maximum absolute atomic E-state index is 12.4. The van der Waals surface area contributed by atoms with Gasteiger partial charge in [-0.3, -0.25) is 9.52 Å². The van der Waals surface area contributed by atoms with Crippen molar-refractivity contribution in [1.29, 1.82) is 0 Å². The Kier molecular flexibility index (Phi) is 4.58. The van der Waals surface area contributed by atoms with Crippen LogP contribution in [0.15, 0.2) is 47.4 Å². The second-order valence-corrected chi connectivity index (χ2v) is 6.40. The molecular weight excluding hydrogens is 328 g/mol. The standard InChI is InChI=1S/C14H13ClN2O4S/c1-21-13-7-6-9(8-10(13)14(16)18)22(19,20)17-12-5-3-2-4-11(12)15/h2-8,17H,1H3,(H2,16,18). The molecular formula is C14H13ClN2O4S. The van der Waals surface area contributed by atoms with E-state index in [-0.39, 0.29) is 26.9 Å². The molecule has 0 atom stereocenters. The van der Waals surface area contributed by atoms with Crippen molar-refractivity contribution in [1.82, 2.24) is 0 Å². The number of ether oxygens (including phenoxy) is 1. The molecule has 0 spiro atoms. The molecule has 2 aromatic carbocycles. The molecule has 0 aliphatic carbocycles. The summed E-state index contributed by atoms with van der Waals surface area (Å²) in [5.74, 6) is -0.587. The van der Waals surface area contributed by atoms with E-state index in [0.717, 1.165) is 6.07 Å². The van der Waals surface area contributed by atoms with E-state index in [9.17, 15) is 13.2 Å². The number of hydrogen-bond donors (Lipinski definition) is 2. The minimum absolute atomic E-state index is 0.0236. The maximum Gasteiger partial charge on any atom is 0.261 e. The number of methoxy groups -OCH3 is 1. The first-order chi connectivity index (χ1) is 10.3. The van der Waals surface area contributed by atoms with Crippen molar-refractivity contribution < 1.29 is 17.9 Å². The molecule has 0 unspecified atom stereocenters. The van der Waals surface area contributed by atoms with Crippen molar-refractivity contribution in [3.8, 4) is 5.75 Å². The Morgan fingerprint density at radius 3 is 2.50 bits per heavy atom. The van der Waals surface area contributed by atoms with Gasteiger partial charge in [0.2, 0.25) is 0 Å². The minimum atomic E-state index is -3.91. The van der Waals surface area contributed by atoms with Gasteiger partial charge in [0.15, 0.2) is 0 Å². The fraction of sp³-hybridized carbons (Fsp3) is 0.0714. The Bertz CT molecular complexity index is 821. The second kappa shape index (κ2) is 6.25. The SMILES string of the molecule is COc1ccc(S(=O)(=O)Nc2ccccc2Cl)cc1C(N)=O. The molecule has 0 aliphatic heterocycles. The molecule has 0 fully saturated rings. The molecule has 0 bridgehead atoms. The summed E-state index contributed by atoms with van der Waals surface area (Å²) in [5.41, 5.74) is 5.44. The third kappa shape index (κ3) is 3.32. The highest BCUT2D eigenvalue weighted by Crippen LogP contribution is 2.26. The topological polar surface area (TPSA) is 98.5 Å². The monoisotopic (exact) mass is 340 g/mol. The lowest BCUT2D eigenvalue weighted by atomic mass is 10.2. The van der Waals surface area contributed by atoms with Gasteiger partial charge in [0.1, 0.15) is 5.75 Å². The Hall–Kier alpha value is -2.25. The van der Waals surface area contributed by atoms with E-state index in [2.05, 4.69) is 4.72 Å². The fourth-order valence-corrected chi connectivity index (χ4v) is 3.14. The molecule has 1 amide bonds. The van der Waals surface area contributed by atoms with Gasteiger partial charge in [-0.25, -0.2) is 8.42 Å². The first kappa shape index (κ1) is 16.1. The predicted octanol–water partition coefficient (Wildman–Crippen LogP) is 2.25. The molecule has 0 aliphatic rings. The summed E-state index contributed by atoms with van der Waals surface area (Å²) in [4.78, 5) is 11.3. The van der Waals surface area contributed by atoms with Crippen LogP contribution in [-0.4, -0.2) is 21.4 Å². The second-order valence-electron chi connectivity index (χ2n) is 4.31. The number of rotatable bonds is 5. The van der Waals surface area contributed by atoms with Gasteiger partial charge in [-0.1, -0.05) is 23.7 Å². The highest BCUT2D eigenvalue weighted by molar-refractivity contribution is 7.92. The van der Waals surface area contributed by atoms with Gasteiger partial charge in [0, 0.05) is 0 Å². The van der Waals surface area contributed by atoms with Crippen LogP contribution in [0.5, 0.6) is 5.75 Å². The van der Waals surface area contributed by atoms with Crippen LogP contribution in [0.4, 0.5) is 5.69 Å². The van der Waals surface area contributed by atoms with Gasteiger partial charge in [-0.2, -0.15) is 0 Å². The number of halogens is 1. The number of sulfonamides is 1. The van der Waals surface area contributed by atoms with Crippen molar-refractivity contribution >= 4 is 33.2 Å². The van der Waals surface area contributed by atoms with Crippen molar-refractivity contribution in [2.45, 2.75) is 4.90 Å². The number of hydrogen-bond acceptors (Lipinski definition) is 4. The highest BCUT2D eigenvalue weighted by Gasteiger charge is 2.19. The lowest BCUT2D eigenvalue weighted by molar-refractivity contribution is 0.0997. The average Bonchev–Trinajstić information content (AvgIpc) is 2.48. The van der Waals surface area contributed by atoms with Gasteiger partial charge >= 0.3 is 0 Å². The van der Waals surface area contributed by atoms with Gasteiger partial charge < -0.3 is 10.5 Å². The molecule has 0 saturated heterocycles. The van der Waals surface area contributed by atoms with Crippen LogP contribution in [-0.2, 0) is 10.0 Å². The smallest absolute Gasteiger partial charge is 0.261 e. The molecule has 2 rings (SSSR count). The molecule has 0 aromatic heterocycles. The Balaban J connectivity index is 2.44. The Morgan fingerprint density at radius 1 is 1.23 bits per heavy atom. The maximum atomic E-state index is 12.4. The van der Waals surface area contributed by atoms with E-state index in [1.807, 2.05) is 0 Å². The third-order valence-corrected chi connectivity index (χ3v) is 4.56. The Morgan fingerprint density at radius 2 is 1.91 bits per heavy atom. The molecule has 0 radical (unpaired) electrons. The summed E-state index contributed by atoms with van der Waals surface area (Å²) in [6.45, 7) is 0. The summed E-state index contributed by atoms with van der Waals surface area (Å²) < 4.78 is 32.1. The van der Waals surface area contributed by atoms with Gasteiger partial charge in [0.05, 0.1) is 28.3 Å². The van der Waals surface area contributed by atoms with Gasteiger partial charge in [-0.05, 0) is 30.3 Å². The number of primary amides is 1. The summed E-state index contributed by atoms with van der Waals surface area (Å²) in [5, 5.41) is 0.259. The van der Waals surface area contributed by atoms with Crippen LogP contribution >= 0.6 is 11.6 Å². The van der Waals surface area contributed by atoms with Crippen molar-refractivity contribution in [3.05, 3.63) is 53.1 Å². The molecule has 116 valence electrons. The number of para-hydroxylation sites is 1. The Labute approximate surface area is 132 Å². The zero-order chi connectivity index (χ0) is 16.3. The van der Waals surface area contributed by atoms with Crippen LogP contribution in [0.2, 0.25) is 5.02 Å². The van der Waals surface area contributed by atoms with E-state index in [4.69, 9.17) is 22.1 Å². The van der Waals surface area contributed by atoms with E-state index >= 15 is 0 Å². The minimum Gasteiger partial charge on any atom is -0.496 e. The molecule has 3 N–H and O–H groups in total. The summed E-state index contributed by atoms with van der Waals surface area (Å²) in [6.07, 6.45) is 0. The number of anilines is 1. The molecule has 6 nitrogen and oxygen atoms in total. The quantitative estimate of drug-likeness (QED) is 0.872. The van der Waals surface area contributed by atoms with Crippen molar-refractivity contribution in [3.63, 3.8) is 0 Å². The predicted molar refractivity (Wildman–Crippen MR) is 83.8 cm³/mol. The first-order valence-electron chi connectivity index (χ1n) is 6.10. The molecule has 0 heterocycles. The van der Waals surface area contributed by atoms with Crippen molar-refractivity contribution in [2.75, 3.05) is 11.8 Å². The number of nitrogens with two attached hydrogens (primary N) is 1. The lowest BCUT2D eigenvalue weighted by Gasteiger charge is -2.11. The largest absolute Gasteiger partial charge is 0.496 e. The van der Waals surface area contributed by atoms with Crippen LogP contribution in [0.25, 0.3) is 0 Å². The summed E-state index contributed by atoms with van der Waals surface area (Å²) in [7, 11) is -2.56. The zero-order valence-electron chi connectivity index (χ0n) is 11.5. The normalized spacial score (nSPS) is 11.0. The summed E-state index contributed by atoms with van der Waals surface area (Å²) in [6, 6.07) is 10.2. The van der Waals surface area contributed by atoms with Crippen LogP contribution in [0.1, 0.15) is 10.4 Å². The van der Waals surface area contributed by atoms with E-state index in [1.54, 1.807) is 18.2 Å². The average molecular weight is 341 g/mol. The number of amides is 1. The molecule has 8 heteroatoms. The fourth-order valence-electron chi connectivity index (χ4n) is 1.79. The number of carbonyl (C=O) groups excluding carboxylic acids is 1. The van der Waals surface area contributed by atoms with E-state index < -0.39 is 15.9 Å². The van der Waals surface area contributed by atoms with E-state index in [1.165, 1.54) is 25.3 Å². The zero-order valence-corrected chi connectivity index (χ0v) is 13.1. The first-order valence-corrected chi connectivity index (χ1v) is 7.96. The third-order valence-electron chi connectivity index (χ3n) is 2.86. The molecule has 2 aromatic rings. The highest BCUT2D eigenvalue weighted by atomic mass is 35.5. The summed E-state index contributed by atoms with van der Waals surface area (Å²) >= 11 is 5.93. The number of carbonyl (C=O) groups is 1. The van der Waals surface area contributed by atoms with Crippen LogP contribution in [0, 0.1) is 0 Å². The van der Waals surface area contributed by atoms with Crippen molar-refractivity contribution in [2.24, 2.45) is 5.73 Å². The molecule has 22 heavy (non-hydrogen) atoms. The van der Waals surface area contributed by atoms with Crippen LogP contribution in [0.3, 0.4) is 0 Å². The number of benzene rings is 2. The number of nitrogens with one attached hydrogen (secondary N) is 1. The van der Waals surface area contributed by atoms with E-state index in [0.29, 0.717) is 0 Å². The molecule has 0 saturated carbocycles. The van der Waals surface area contributed by atoms with Crippen LogP contribution < -0.4 is 15.2 Å². The van der Waals surface area contributed by atoms with Gasteiger partial charge in [-0.15, -0.1) is 0 Å².